The van der Waals surface area contributed by atoms with Gasteiger partial charge in [-0.1, -0.05) is 6.92 Å². The minimum Gasteiger partial charge on any atom is -0.399 e. The van der Waals surface area contributed by atoms with E-state index in [1.165, 1.54) is 12.1 Å². The van der Waals surface area contributed by atoms with Crippen LogP contribution in [0.4, 0.5) is 5.69 Å². The molecule has 20 heavy (non-hydrogen) atoms. The molecule has 0 aliphatic carbocycles. The molecule has 1 aromatic carbocycles. The molecule has 7 nitrogen and oxygen atoms in total. The summed E-state index contributed by atoms with van der Waals surface area (Å²) in [5.74, 6) is -0.333. The lowest BCUT2D eigenvalue weighted by Crippen LogP contribution is -2.34. The Hall–Kier alpha value is -0.680. The summed E-state index contributed by atoms with van der Waals surface area (Å²) in [5.41, 5.74) is 5.84. The van der Waals surface area contributed by atoms with Crippen LogP contribution in [-0.4, -0.2) is 35.7 Å². The minimum atomic E-state index is -3.82. The lowest BCUT2D eigenvalue weighted by atomic mass is 10.3. The largest absolute Gasteiger partial charge is 0.399 e. The number of hydrogen-bond acceptors (Lipinski definition) is 5. The van der Waals surface area contributed by atoms with Gasteiger partial charge in [-0.2, -0.15) is 0 Å². The summed E-state index contributed by atoms with van der Waals surface area (Å²) in [6.07, 6.45) is 0. The van der Waals surface area contributed by atoms with Gasteiger partial charge in [-0.25, -0.2) is 26.3 Å². The Morgan fingerprint density at radius 1 is 1.20 bits per heavy atom. The van der Waals surface area contributed by atoms with E-state index in [1.54, 1.807) is 13.0 Å². The van der Waals surface area contributed by atoms with Crippen molar-refractivity contribution in [3.05, 3.63) is 22.7 Å². The highest BCUT2D eigenvalue weighted by Crippen LogP contribution is 2.23. The summed E-state index contributed by atoms with van der Waals surface area (Å²) < 4.78 is 51.7. The fourth-order valence-corrected chi connectivity index (χ4v) is 4.52. The van der Waals surface area contributed by atoms with Gasteiger partial charge in [-0.15, -0.1) is 0 Å². The second-order valence-electron chi connectivity index (χ2n) is 3.90. The third kappa shape index (κ3) is 5.02. The van der Waals surface area contributed by atoms with Crippen LogP contribution in [-0.2, 0) is 20.0 Å². The van der Waals surface area contributed by atoms with Crippen molar-refractivity contribution >= 4 is 41.7 Å². The fourth-order valence-electron chi connectivity index (χ4n) is 1.41. The van der Waals surface area contributed by atoms with Gasteiger partial charge in [0.25, 0.3) is 0 Å². The van der Waals surface area contributed by atoms with Gasteiger partial charge in [0.1, 0.15) is 0 Å². The molecule has 0 aromatic heterocycles. The zero-order valence-electron chi connectivity index (χ0n) is 10.8. The SMILES string of the molecule is CCNS(=O)(=O)CCNS(=O)(=O)c1cc(N)ccc1Br. The fraction of sp³-hybridized carbons (Fsp3) is 0.400. The topological polar surface area (TPSA) is 118 Å². The van der Waals surface area contributed by atoms with Crippen molar-refractivity contribution in [2.45, 2.75) is 11.8 Å². The molecule has 0 heterocycles. The van der Waals surface area contributed by atoms with Crippen molar-refractivity contribution < 1.29 is 16.8 Å². The lowest BCUT2D eigenvalue weighted by Gasteiger charge is -2.09. The number of anilines is 1. The summed E-state index contributed by atoms with van der Waals surface area (Å²) in [5, 5.41) is 0. The molecule has 0 atom stereocenters. The van der Waals surface area contributed by atoms with E-state index in [-0.39, 0.29) is 23.7 Å². The molecular formula is C10H16BrN3O4S2. The molecule has 0 saturated heterocycles. The third-order valence-electron chi connectivity index (χ3n) is 2.27. The van der Waals surface area contributed by atoms with Crippen LogP contribution in [0.5, 0.6) is 0 Å². The summed E-state index contributed by atoms with van der Waals surface area (Å²) >= 11 is 3.12. The Balaban J connectivity index is 2.79. The molecule has 0 aliphatic rings. The molecule has 0 fully saturated rings. The van der Waals surface area contributed by atoms with Gasteiger partial charge in [0.05, 0.1) is 10.6 Å². The normalized spacial score (nSPS) is 12.5. The summed E-state index contributed by atoms with van der Waals surface area (Å²) in [4.78, 5) is -0.0293. The monoisotopic (exact) mass is 385 g/mol. The second-order valence-corrected chi connectivity index (χ2v) is 8.42. The maximum atomic E-state index is 12.0. The van der Waals surface area contributed by atoms with Crippen LogP contribution in [0.1, 0.15) is 6.92 Å². The first-order valence-corrected chi connectivity index (χ1v) is 9.63. The van der Waals surface area contributed by atoms with Gasteiger partial charge in [-0.3, -0.25) is 0 Å². The molecule has 0 bridgehead atoms. The van der Waals surface area contributed by atoms with Gasteiger partial charge in [0.2, 0.25) is 20.0 Å². The zero-order chi connectivity index (χ0) is 15.4. The highest BCUT2D eigenvalue weighted by atomic mass is 79.9. The summed E-state index contributed by atoms with van der Waals surface area (Å²) in [6.45, 7) is 1.68. The van der Waals surface area contributed by atoms with E-state index in [0.29, 0.717) is 10.2 Å². The molecule has 10 heteroatoms. The minimum absolute atomic E-state index is 0.0293. The molecule has 1 aromatic rings. The summed E-state index contributed by atoms with van der Waals surface area (Å²) in [6, 6.07) is 4.36. The van der Waals surface area contributed by atoms with Crippen molar-refractivity contribution in [1.29, 1.82) is 0 Å². The number of halogens is 1. The molecule has 0 radical (unpaired) electrons. The highest BCUT2D eigenvalue weighted by molar-refractivity contribution is 9.10. The molecule has 114 valence electrons. The van der Waals surface area contributed by atoms with Gasteiger partial charge >= 0.3 is 0 Å². The first-order chi connectivity index (χ1) is 9.18. The van der Waals surface area contributed by atoms with Gasteiger partial charge in [0, 0.05) is 23.2 Å². The number of sulfonamides is 2. The van der Waals surface area contributed by atoms with E-state index in [4.69, 9.17) is 5.73 Å². The Labute approximate surface area is 127 Å². The third-order valence-corrected chi connectivity index (χ3v) is 6.20. The quantitative estimate of drug-likeness (QED) is 0.581. The Morgan fingerprint density at radius 2 is 1.85 bits per heavy atom. The lowest BCUT2D eigenvalue weighted by molar-refractivity contribution is 0.576. The predicted octanol–water partition coefficient (Wildman–Crippen LogP) is 0.249. The van der Waals surface area contributed by atoms with E-state index >= 15 is 0 Å². The van der Waals surface area contributed by atoms with Crippen LogP contribution in [0.25, 0.3) is 0 Å². The molecule has 0 saturated carbocycles. The van der Waals surface area contributed by atoms with E-state index in [2.05, 4.69) is 25.4 Å². The van der Waals surface area contributed by atoms with E-state index in [0.717, 1.165) is 0 Å². The van der Waals surface area contributed by atoms with Gasteiger partial charge < -0.3 is 5.73 Å². The first-order valence-electron chi connectivity index (χ1n) is 5.70. The van der Waals surface area contributed by atoms with E-state index in [1.807, 2.05) is 0 Å². The smallest absolute Gasteiger partial charge is 0.241 e. The molecule has 1 rings (SSSR count). The van der Waals surface area contributed by atoms with Crippen LogP contribution in [0.2, 0.25) is 0 Å². The van der Waals surface area contributed by atoms with E-state index < -0.39 is 20.0 Å². The number of rotatable bonds is 7. The standard InChI is InChI=1S/C10H16BrN3O4S2/c1-2-13-19(15,16)6-5-14-20(17,18)10-7-8(12)3-4-9(10)11/h3-4,7,13-14H,2,5-6,12H2,1H3. The Kier molecular flexibility index (Phi) is 5.95. The Morgan fingerprint density at radius 3 is 2.45 bits per heavy atom. The van der Waals surface area contributed by atoms with Crippen molar-refractivity contribution in [3.8, 4) is 0 Å². The highest BCUT2D eigenvalue weighted by Gasteiger charge is 2.19. The molecule has 0 unspecified atom stereocenters. The Bertz CT molecular complexity index is 674. The average Bonchev–Trinajstić information content (AvgIpc) is 2.31. The van der Waals surface area contributed by atoms with E-state index in [9.17, 15) is 16.8 Å². The van der Waals surface area contributed by atoms with Crippen molar-refractivity contribution in [2.75, 3.05) is 24.6 Å². The summed E-state index contributed by atoms with van der Waals surface area (Å²) in [7, 11) is -7.29. The van der Waals surface area contributed by atoms with Gasteiger partial charge in [0.15, 0.2) is 0 Å². The van der Waals surface area contributed by atoms with Crippen LogP contribution in [0.3, 0.4) is 0 Å². The van der Waals surface area contributed by atoms with Crippen LogP contribution >= 0.6 is 15.9 Å². The maximum Gasteiger partial charge on any atom is 0.241 e. The number of hydrogen-bond donors (Lipinski definition) is 3. The number of nitrogens with two attached hydrogens (primary N) is 1. The predicted molar refractivity (Wildman–Crippen MR) is 81.2 cm³/mol. The number of benzene rings is 1. The molecule has 4 N–H and O–H groups in total. The first kappa shape index (κ1) is 17.4. The van der Waals surface area contributed by atoms with Crippen molar-refractivity contribution in [2.24, 2.45) is 0 Å². The average molecular weight is 386 g/mol. The molecule has 0 aliphatic heterocycles. The van der Waals surface area contributed by atoms with Crippen LogP contribution < -0.4 is 15.2 Å². The molecular weight excluding hydrogens is 370 g/mol. The molecule has 0 amide bonds. The van der Waals surface area contributed by atoms with Crippen molar-refractivity contribution in [3.63, 3.8) is 0 Å². The van der Waals surface area contributed by atoms with Crippen molar-refractivity contribution in [1.82, 2.24) is 9.44 Å². The number of nitrogen functional groups attached to an aromatic ring is 1. The molecule has 0 spiro atoms. The maximum absolute atomic E-state index is 12.0. The second kappa shape index (κ2) is 6.85. The van der Waals surface area contributed by atoms with Crippen LogP contribution in [0.15, 0.2) is 27.6 Å². The van der Waals surface area contributed by atoms with Crippen LogP contribution in [0, 0.1) is 0 Å². The number of nitrogens with one attached hydrogen (secondary N) is 2. The van der Waals surface area contributed by atoms with Gasteiger partial charge in [-0.05, 0) is 34.1 Å². The zero-order valence-corrected chi connectivity index (χ0v) is 14.0.